The number of pyridine rings is 1. The molecule has 0 aliphatic heterocycles. The fraction of sp³-hybridized carbons (Fsp3) is 0.235. The quantitative estimate of drug-likeness (QED) is 0.612. The van der Waals surface area contributed by atoms with Gasteiger partial charge in [0.1, 0.15) is 11.5 Å². The van der Waals surface area contributed by atoms with Crippen LogP contribution in [-0.4, -0.2) is 54.7 Å². The van der Waals surface area contributed by atoms with E-state index in [-0.39, 0.29) is 5.03 Å². The van der Waals surface area contributed by atoms with E-state index >= 15 is 0 Å². The van der Waals surface area contributed by atoms with Crippen molar-refractivity contribution in [2.24, 2.45) is 7.05 Å². The molecule has 1 aromatic carbocycles. The molecule has 27 heavy (non-hydrogen) atoms. The van der Waals surface area contributed by atoms with Crippen molar-refractivity contribution in [2.45, 2.75) is 5.03 Å². The highest BCUT2D eigenvalue weighted by atomic mass is 32.2. The Morgan fingerprint density at radius 1 is 1.22 bits per heavy atom. The van der Waals surface area contributed by atoms with Crippen molar-refractivity contribution in [1.29, 1.82) is 0 Å². The third-order valence-corrected chi connectivity index (χ3v) is 5.54. The molecular weight excluding hydrogens is 372 g/mol. The maximum absolute atomic E-state index is 12.1. The van der Waals surface area contributed by atoms with Crippen molar-refractivity contribution < 1.29 is 22.7 Å². The summed E-state index contributed by atoms with van der Waals surface area (Å²) in [6, 6.07) is 6.00. The number of hydrogen-bond acceptors (Lipinski definition) is 7. The number of nitrogens with zero attached hydrogens (tertiary/aromatic N) is 4. The molecule has 0 spiro atoms. The van der Waals surface area contributed by atoms with E-state index in [0.717, 1.165) is 4.31 Å². The molecule has 0 fully saturated rings. The first-order valence-corrected chi connectivity index (χ1v) is 9.28. The lowest BCUT2D eigenvalue weighted by molar-refractivity contribution is 0.0600. The van der Waals surface area contributed by atoms with Gasteiger partial charge in [0.15, 0.2) is 5.03 Å². The molecule has 0 aliphatic rings. The average molecular weight is 390 g/mol. The number of carbonyl (C=O) groups excluding carboxylic acids is 1. The number of fused-ring (bicyclic) bond motifs is 1. The molecular formula is C17H18N4O5S. The zero-order chi connectivity index (χ0) is 19.8. The van der Waals surface area contributed by atoms with Crippen LogP contribution in [0.25, 0.3) is 10.9 Å². The van der Waals surface area contributed by atoms with E-state index in [0.29, 0.717) is 28.0 Å². The van der Waals surface area contributed by atoms with Gasteiger partial charge in [0.05, 0.1) is 29.8 Å². The second-order valence-electron chi connectivity index (χ2n) is 5.92. The second kappa shape index (κ2) is 6.97. The van der Waals surface area contributed by atoms with Crippen LogP contribution in [0, 0.1) is 0 Å². The minimum atomic E-state index is -3.63. The Hall–Kier alpha value is -2.98. The van der Waals surface area contributed by atoms with E-state index in [9.17, 15) is 13.2 Å². The molecule has 10 heteroatoms. The molecule has 0 saturated carbocycles. The third-order valence-electron chi connectivity index (χ3n) is 3.80. The lowest BCUT2D eigenvalue weighted by Gasteiger charge is -2.11. The number of aryl methyl sites for hydroxylation is 1. The van der Waals surface area contributed by atoms with E-state index in [1.165, 1.54) is 39.5 Å². The minimum absolute atomic E-state index is 0.0883. The average Bonchev–Trinajstić information content (AvgIpc) is 3.01. The Morgan fingerprint density at radius 3 is 2.56 bits per heavy atom. The number of ether oxygens (including phenoxy) is 2. The van der Waals surface area contributed by atoms with Crippen molar-refractivity contribution in [1.82, 2.24) is 19.1 Å². The van der Waals surface area contributed by atoms with Crippen LogP contribution in [0.3, 0.4) is 0 Å². The molecule has 0 atom stereocenters. The van der Waals surface area contributed by atoms with Crippen molar-refractivity contribution in [3.05, 3.63) is 42.2 Å². The smallest absolute Gasteiger partial charge is 0.338 e. The first-order chi connectivity index (χ1) is 12.7. The van der Waals surface area contributed by atoms with Gasteiger partial charge < -0.3 is 9.47 Å². The molecule has 0 bridgehead atoms. The van der Waals surface area contributed by atoms with E-state index < -0.39 is 16.0 Å². The molecule has 0 unspecified atom stereocenters. The summed E-state index contributed by atoms with van der Waals surface area (Å²) in [6.45, 7) is 0. The summed E-state index contributed by atoms with van der Waals surface area (Å²) in [4.78, 5) is 15.9. The van der Waals surface area contributed by atoms with Crippen LogP contribution < -0.4 is 4.74 Å². The van der Waals surface area contributed by atoms with E-state index in [1.807, 2.05) is 0 Å². The summed E-state index contributed by atoms with van der Waals surface area (Å²) in [5, 5.41) is 4.89. The number of sulfonamides is 1. The van der Waals surface area contributed by atoms with Crippen molar-refractivity contribution in [2.75, 3.05) is 21.2 Å². The lowest BCUT2D eigenvalue weighted by Crippen LogP contribution is -2.23. The van der Waals surface area contributed by atoms with Gasteiger partial charge in [-0.25, -0.2) is 22.5 Å². The van der Waals surface area contributed by atoms with Gasteiger partial charge in [0.25, 0.3) is 10.0 Å². The van der Waals surface area contributed by atoms with E-state index in [1.54, 1.807) is 30.1 Å². The van der Waals surface area contributed by atoms with Gasteiger partial charge in [-0.3, -0.25) is 4.68 Å². The Labute approximate surface area is 156 Å². The number of rotatable bonds is 5. The van der Waals surface area contributed by atoms with Crippen LogP contribution in [0.1, 0.15) is 10.4 Å². The normalized spacial score (nSPS) is 11.7. The molecule has 0 radical (unpaired) electrons. The predicted molar refractivity (Wildman–Crippen MR) is 97.2 cm³/mol. The highest BCUT2D eigenvalue weighted by Crippen LogP contribution is 2.31. The summed E-state index contributed by atoms with van der Waals surface area (Å²) in [6.07, 6.45) is 3.06. The molecule has 0 aliphatic carbocycles. The number of esters is 1. The van der Waals surface area contributed by atoms with Gasteiger partial charge in [-0.05, 0) is 24.3 Å². The predicted octanol–water partition coefficient (Wildman–Crippen LogP) is 1.80. The maximum Gasteiger partial charge on any atom is 0.338 e. The summed E-state index contributed by atoms with van der Waals surface area (Å²) in [5.74, 6) is 0.184. The van der Waals surface area contributed by atoms with E-state index in [4.69, 9.17) is 9.47 Å². The third kappa shape index (κ3) is 3.62. The van der Waals surface area contributed by atoms with Crippen LogP contribution in [0.4, 0.5) is 0 Å². The molecule has 0 N–H and O–H groups in total. The van der Waals surface area contributed by atoms with Crippen LogP contribution in [0.5, 0.6) is 11.5 Å². The molecule has 9 nitrogen and oxygen atoms in total. The second-order valence-corrected chi connectivity index (χ2v) is 8.02. The summed E-state index contributed by atoms with van der Waals surface area (Å²) < 4.78 is 37.5. The monoisotopic (exact) mass is 390 g/mol. The van der Waals surface area contributed by atoms with Gasteiger partial charge in [0, 0.05) is 27.3 Å². The highest BCUT2D eigenvalue weighted by molar-refractivity contribution is 7.89. The highest BCUT2D eigenvalue weighted by Gasteiger charge is 2.19. The molecule has 3 rings (SSSR count). The summed E-state index contributed by atoms with van der Waals surface area (Å²) in [7, 11) is 2.28. The Kier molecular flexibility index (Phi) is 4.85. The molecule has 0 saturated heterocycles. The van der Waals surface area contributed by atoms with Crippen LogP contribution in [0.2, 0.25) is 0 Å². The molecule has 2 aromatic heterocycles. The van der Waals surface area contributed by atoms with Gasteiger partial charge >= 0.3 is 5.97 Å². The fourth-order valence-electron chi connectivity index (χ4n) is 2.42. The van der Waals surface area contributed by atoms with Gasteiger partial charge in [-0.15, -0.1) is 0 Å². The standard InChI is InChI=1S/C17H18N4O5S/c1-20(2)27(23,24)16-6-5-12(9-18-16)26-15-8-11(17(22)25-4)7-14-13(15)10-21(3)19-14/h5-10H,1-4H3. The number of benzene rings is 1. The van der Waals surface area contributed by atoms with E-state index in [2.05, 4.69) is 10.1 Å². The topological polar surface area (TPSA) is 104 Å². The Balaban J connectivity index is 2.00. The van der Waals surface area contributed by atoms with Crippen molar-refractivity contribution in [3.63, 3.8) is 0 Å². The lowest BCUT2D eigenvalue weighted by atomic mass is 10.1. The largest absolute Gasteiger partial charge is 0.465 e. The van der Waals surface area contributed by atoms with Crippen LogP contribution >= 0.6 is 0 Å². The van der Waals surface area contributed by atoms with Crippen molar-refractivity contribution >= 4 is 26.9 Å². The zero-order valence-electron chi connectivity index (χ0n) is 15.2. The van der Waals surface area contributed by atoms with Gasteiger partial charge in [0.2, 0.25) is 0 Å². The minimum Gasteiger partial charge on any atom is -0.465 e. The number of aromatic nitrogens is 3. The summed E-state index contributed by atoms with van der Waals surface area (Å²) in [5.41, 5.74) is 0.855. The van der Waals surface area contributed by atoms with Crippen LogP contribution in [0.15, 0.2) is 41.7 Å². The number of methoxy groups -OCH3 is 1. The number of hydrogen-bond donors (Lipinski definition) is 0. The zero-order valence-corrected chi connectivity index (χ0v) is 16.0. The van der Waals surface area contributed by atoms with Gasteiger partial charge in [-0.1, -0.05) is 0 Å². The van der Waals surface area contributed by atoms with Crippen LogP contribution in [-0.2, 0) is 21.8 Å². The van der Waals surface area contributed by atoms with Crippen molar-refractivity contribution in [3.8, 4) is 11.5 Å². The molecule has 3 aromatic rings. The molecule has 142 valence electrons. The molecule has 0 amide bonds. The first-order valence-electron chi connectivity index (χ1n) is 7.84. The first kappa shape index (κ1) is 18.8. The maximum atomic E-state index is 12.1. The van der Waals surface area contributed by atoms with Gasteiger partial charge in [-0.2, -0.15) is 5.10 Å². The Bertz CT molecular complexity index is 1100. The number of carbonyl (C=O) groups is 1. The Morgan fingerprint density at radius 2 is 1.96 bits per heavy atom. The summed E-state index contributed by atoms with van der Waals surface area (Å²) >= 11 is 0. The fourth-order valence-corrected chi connectivity index (χ4v) is 3.22. The molecule has 2 heterocycles. The SMILES string of the molecule is COC(=O)c1cc(Oc2ccc(S(=O)(=O)N(C)C)nc2)c2cn(C)nc2c1.